The van der Waals surface area contributed by atoms with Crippen molar-refractivity contribution in [3.8, 4) is 0 Å². The molecule has 0 aliphatic carbocycles. The molecule has 0 fully saturated rings. The Labute approximate surface area is 90.8 Å². The van der Waals surface area contributed by atoms with Crippen molar-refractivity contribution in [2.24, 2.45) is 21.7 Å². The van der Waals surface area contributed by atoms with Crippen LogP contribution in [0.3, 0.4) is 0 Å². The molecule has 0 atom stereocenters. The maximum Gasteiger partial charge on any atom is 0.211 e. The Morgan fingerprint density at radius 3 is 2.21 bits per heavy atom. The van der Waals surface area contributed by atoms with Gasteiger partial charge in [0.25, 0.3) is 0 Å². The number of rotatable bonds is 2. The normalized spacial score (nSPS) is 11.1. The van der Waals surface area contributed by atoms with Crippen LogP contribution in [-0.2, 0) is 0 Å². The smallest absolute Gasteiger partial charge is 0.211 e. The van der Waals surface area contributed by atoms with Gasteiger partial charge in [-0.25, -0.2) is 0 Å². The Hall–Kier alpha value is -1.36. The molecule has 4 N–H and O–H groups in total. The zero-order valence-electron chi connectivity index (χ0n) is 7.74. The highest BCUT2D eigenvalue weighted by molar-refractivity contribution is 9.10. The molecule has 1 aromatic carbocycles. The number of nitrogens with two attached hydrogens (primary N) is 2. The summed E-state index contributed by atoms with van der Waals surface area (Å²) in [6.07, 6.45) is 0. The van der Waals surface area contributed by atoms with Gasteiger partial charge in [0.1, 0.15) is 0 Å². The molecule has 14 heavy (non-hydrogen) atoms. The maximum absolute atomic E-state index is 5.16. The lowest BCUT2D eigenvalue weighted by atomic mass is 10.1. The molecule has 0 aliphatic rings. The zero-order chi connectivity index (χ0) is 10.6. The molecular weight excluding hydrogens is 244 g/mol. The number of guanidine groups is 1. The lowest BCUT2D eigenvalue weighted by Gasteiger charge is -1.98. The SMILES string of the molecule is C/C(=N\N=C(N)N)c1ccc(Br)cc1. The van der Waals surface area contributed by atoms with Gasteiger partial charge in [-0.1, -0.05) is 28.1 Å². The lowest BCUT2D eigenvalue weighted by Crippen LogP contribution is -2.22. The summed E-state index contributed by atoms with van der Waals surface area (Å²) in [6, 6.07) is 7.74. The molecule has 0 saturated heterocycles. The van der Waals surface area contributed by atoms with Gasteiger partial charge in [-0.2, -0.15) is 5.10 Å². The highest BCUT2D eigenvalue weighted by atomic mass is 79.9. The van der Waals surface area contributed by atoms with E-state index >= 15 is 0 Å². The second kappa shape index (κ2) is 4.76. The third kappa shape index (κ3) is 3.18. The van der Waals surface area contributed by atoms with Gasteiger partial charge in [-0.15, -0.1) is 5.10 Å². The van der Waals surface area contributed by atoms with Gasteiger partial charge in [0.15, 0.2) is 0 Å². The van der Waals surface area contributed by atoms with Crippen molar-refractivity contribution in [3.05, 3.63) is 34.3 Å². The minimum atomic E-state index is -0.0403. The molecule has 0 spiro atoms. The van der Waals surface area contributed by atoms with E-state index in [1.165, 1.54) is 0 Å². The molecule has 1 rings (SSSR count). The van der Waals surface area contributed by atoms with Crippen LogP contribution in [0.25, 0.3) is 0 Å². The number of halogens is 1. The van der Waals surface area contributed by atoms with Crippen LogP contribution in [0.15, 0.2) is 38.9 Å². The summed E-state index contributed by atoms with van der Waals surface area (Å²) in [4.78, 5) is 0. The minimum absolute atomic E-state index is 0.0403. The Morgan fingerprint density at radius 1 is 1.14 bits per heavy atom. The topological polar surface area (TPSA) is 76.8 Å². The second-order valence-electron chi connectivity index (χ2n) is 2.72. The Kier molecular flexibility index (Phi) is 3.64. The van der Waals surface area contributed by atoms with Crippen molar-refractivity contribution in [3.63, 3.8) is 0 Å². The van der Waals surface area contributed by atoms with Crippen LogP contribution in [0.1, 0.15) is 12.5 Å². The molecule has 0 amide bonds. The van der Waals surface area contributed by atoms with Crippen LogP contribution in [-0.4, -0.2) is 11.7 Å². The highest BCUT2D eigenvalue weighted by Crippen LogP contribution is 2.11. The lowest BCUT2D eigenvalue weighted by molar-refractivity contribution is 1.20. The summed E-state index contributed by atoms with van der Waals surface area (Å²) < 4.78 is 1.02. The van der Waals surface area contributed by atoms with E-state index in [2.05, 4.69) is 26.1 Å². The summed E-state index contributed by atoms with van der Waals surface area (Å²) in [7, 11) is 0. The average Bonchev–Trinajstić information content (AvgIpc) is 2.15. The van der Waals surface area contributed by atoms with Crippen LogP contribution in [0.5, 0.6) is 0 Å². The number of nitrogens with zero attached hydrogens (tertiary/aromatic N) is 2. The summed E-state index contributed by atoms with van der Waals surface area (Å²) >= 11 is 3.35. The zero-order valence-corrected chi connectivity index (χ0v) is 9.32. The monoisotopic (exact) mass is 254 g/mol. The van der Waals surface area contributed by atoms with Crippen molar-refractivity contribution in [1.29, 1.82) is 0 Å². The highest BCUT2D eigenvalue weighted by Gasteiger charge is 1.96. The quantitative estimate of drug-likeness (QED) is 0.476. The number of hydrogen-bond donors (Lipinski definition) is 2. The van der Waals surface area contributed by atoms with E-state index in [0.717, 1.165) is 15.7 Å². The van der Waals surface area contributed by atoms with Crippen molar-refractivity contribution in [2.45, 2.75) is 6.92 Å². The van der Waals surface area contributed by atoms with Crippen molar-refractivity contribution in [2.75, 3.05) is 0 Å². The molecular formula is C9H11BrN4. The first-order chi connectivity index (χ1) is 6.59. The van der Waals surface area contributed by atoms with Crippen LogP contribution in [0, 0.1) is 0 Å². The van der Waals surface area contributed by atoms with Gasteiger partial charge < -0.3 is 11.5 Å². The van der Waals surface area contributed by atoms with Gasteiger partial charge in [-0.3, -0.25) is 0 Å². The van der Waals surface area contributed by atoms with E-state index < -0.39 is 0 Å². The number of hydrogen-bond acceptors (Lipinski definition) is 2. The molecule has 1 aromatic rings. The van der Waals surface area contributed by atoms with Crippen LogP contribution in [0.4, 0.5) is 0 Å². The van der Waals surface area contributed by atoms with Gasteiger partial charge >= 0.3 is 0 Å². The molecule has 0 heterocycles. The summed E-state index contributed by atoms with van der Waals surface area (Å²) in [6.45, 7) is 1.84. The first kappa shape index (κ1) is 10.7. The average molecular weight is 255 g/mol. The Morgan fingerprint density at radius 2 is 1.71 bits per heavy atom. The summed E-state index contributed by atoms with van der Waals surface area (Å²) in [5, 5.41) is 7.43. The van der Waals surface area contributed by atoms with Crippen LogP contribution in [0.2, 0.25) is 0 Å². The summed E-state index contributed by atoms with van der Waals surface area (Å²) in [5.74, 6) is -0.0403. The molecule has 5 heteroatoms. The Bertz CT molecular complexity index is 363. The van der Waals surface area contributed by atoms with Crippen LogP contribution < -0.4 is 11.5 Å². The van der Waals surface area contributed by atoms with E-state index in [1.807, 2.05) is 31.2 Å². The fraction of sp³-hybridized carbons (Fsp3) is 0.111. The van der Waals surface area contributed by atoms with Gasteiger partial charge in [0, 0.05) is 4.47 Å². The third-order valence-electron chi connectivity index (χ3n) is 1.58. The van der Waals surface area contributed by atoms with Crippen molar-refractivity contribution >= 4 is 27.6 Å². The Balaban J connectivity index is 2.89. The van der Waals surface area contributed by atoms with Gasteiger partial charge in [0.05, 0.1) is 5.71 Å². The predicted molar refractivity (Wildman–Crippen MR) is 62.2 cm³/mol. The predicted octanol–water partition coefficient (Wildman–Crippen LogP) is 1.45. The van der Waals surface area contributed by atoms with E-state index in [-0.39, 0.29) is 5.96 Å². The first-order valence-electron chi connectivity index (χ1n) is 3.98. The third-order valence-corrected chi connectivity index (χ3v) is 2.11. The van der Waals surface area contributed by atoms with E-state index in [9.17, 15) is 0 Å². The van der Waals surface area contributed by atoms with Crippen molar-refractivity contribution < 1.29 is 0 Å². The summed E-state index contributed by atoms with van der Waals surface area (Å²) in [5.41, 5.74) is 12.1. The standard InChI is InChI=1S/C9H11BrN4/c1-6(13-14-9(11)12)7-2-4-8(10)5-3-7/h2-5H,1H3,(H4,11,12,14)/b13-6+. The first-order valence-corrected chi connectivity index (χ1v) is 4.78. The van der Waals surface area contributed by atoms with E-state index in [0.29, 0.717) is 0 Å². The molecule has 0 radical (unpaired) electrons. The molecule has 0 bridgehead atoms. The van der Waals surface area contributed by atoms with E-state index in [4.69, 9.17) is 11.5 Å². The fourth-order valence-corrected chi connectivity index (χ4v) is 1.15. The molecule has 0 unspecified atom stereocenters. The van der Waals surface area contributed by atoms with E-state index in [1.54, 1.807) is 0 Å². The molecule has 0 aromatic heterocycles. The molecule has 74 valence electrons. The van der Waals surface area contributed by atoms with Gasteiger partial charge in [-0.05, 0) is 24.6 Å². The fourth-order valence-electron chi connectivity index (χ4n) is 0.882. The molecule has 0 saturated carbocycles. The largest absolute Gasteiger partial charge is 0.369 e. The maximum atomic E-state index is 5.16. The number of benzene rings is 1. The molecule has 4 nitrogen and oxygen atoms in total. The van der Waals surface area contributed by atoms with Crippen molar-refractivity contribution in [1.82, 2.24) is 0 Å². The van der Waals surface area contributed by atoms with Crippen LogP contribution >= 0.6 is 15.9 Å². The van der Waals surface area contributed by atoms with Gasteiger partial charge in [0.2, 0.25) is 5.96 Å². The minimum Gasteiger partial charge on any atom is -0.369 e. The molecule has 0 aliphatic heterocycles. The second-order valence-corrected chi connectivity index (χ2v) is 3.63.